The monoisotopic (exact) mass is 162 g/mol. The van der Waals surface area contributed by atoms with Crippen molar-refractivity contribution in [1.29, 1.82) is 0 Å². The van der Waals surface area contributed by atoms with Crippen LogP contribution in [0.3, 0.4) is 0 Å². The van der Waals surface area contributed by atoms with Crippen LogP contribution >= 0.6 is 0 Å². The van der Waals surface area contributed by atoms with Crippen LogP contribution in [0, 0.1) is 5.92 Å². The molecule has 2 bridgehead atoms. The third-order valence-electron chi connectivity index (χ3n) is 2.81. The largest absolute Gasteiger partial charge is 0.388 e. The van der Waals surface area contributed by atoms with Crippen molar-refractivity contribution >= 4 is 0 Å². The minimum atomic E-state index is -0.357. The van der Waals surface area contributed by atoms with Crippen molar-refractivity contribution in [1.82, 2.24) is 0 Å². The Bertz CT molecular complexity index is 301. The number of fused-ring (bicyclic) bond motifs is 5. The Kier molecular flexibility index (Phi) is 1.15. The number of allylic oxidation sites excluding steroid dienone is 2. The van der Waals surface area contributed by atoms with E-state index in [1.165, 1.54) is 5.57 Å². The van der Waals surface area contributed by atoms with Crippen LogP contribution < -0.4 is 0 Å². The summed E-state index contributed by atoms with van der Waals surface area (Å²) in [5, 5.41) is 9.66. The summed E-state index contributed by atoms with van der Waals surface area (Å²) in [6.07, 6.45) is 9.81. The van der Waals surface area contributed by atoms with Crippen LogP contribution in [0.25, 0.3) is 0 Å². The van der Waals surface area contributed by atoms with E-state index in [4.69, 9.17) is 4.74 Å². The lowest BCUT2D eigenvalue weighted by Crippen LogP contribution is -2.29. The van der Waals surface area contributed by atoms with Crippen molar-refractivity contribution in [2.45, 2.75) is 18.3 Å². The summed E-state index contributed by atoms with van der Waals surface area (Å²) < 4.78 is 5.61. The molecule has 0 radical (unpaired) electrons. The van der Waals surface area contributed by atoms with Crippen LogP contribution in [0.4, 0.5) is 0 Å². The van der Waals surface area contributed by atoms with Crippen LogP contribution in [-0.2, 0) is 4.74 Å². The standard InChI is InChI=1S/C10H10O2/c11-7-3-1-2-6-8-4-5-9(12-8)10(6)7/h1-5,7-11H/t7-,8-,9+,10+/m0/s1. The maximum absolute atomic E-state index is 9.66. The summed E-state index contributed by atoms with van der Waals surface area (Å²) in [6.45, 7) is 0. The molecule has 12 heavy (non-hydrogen) atoms. The van der Waals surface area contributed by atoms with Gasteiger partial charge in [-0.05, 0) is 5.57 Å². The zero-order valence-corrected chi connectivity index (χ0v) is 6.55. The molecule has 0 amide bonds. The van der Waals surface area contributed by atoms with E-state index in [-0.39, 0.29) is 24.2 Å². The number of hydrogen-bond acceptors (Lipinski definition) is 2. The summed E-state index contributed by atoms with van der Waals surface area (Å²) >= 11 is 0. The highest BCUT2D eigenvalue weighted by atomic mass is 16.5. The lowest BCUT2D eigenvalue weighted by molar-refractivity contribution is 0.0761. The van der Waals surface area contributed by atoms with E-state index in [0.717, 1.165) is 0 Å². The molecule has 2 heterocycles. The number of hydrogen-bond donors (Lipinski definition) is 1. The van der Waals surface area contributed by atoms with Crippen molar-refractivity contribution in [2.75, 3.05) is 0 Å². The first-order valence-electron chi connectivity index (χ1n) is 4.26. The molecule has 0 spiro atoms. The molecule has 2 aliphatic heterocycles. The van der Waals surface area contributed by atoms with Gasteiger partial charge in [0.05, 0.1) is 18.3 Å². The quantitative estimate of drug-likeness (QED) is 0.534. The van der Waals surface area contributed by atoms with Crippen LogP contribution in [0.15, 0.2) is 36.0 Å². The molecule has 0 aromatic heterocycles. The van der Waals surface area contributed by atoms with Crippen LogP contribution in [-0.4, -0.2) is 23.4 Å². The van der Waals surface area contributed by atoms with E-state index in [1.54, 1.807) is 0 Å². The molecule has 2 heteroatoms. The van der Waals surface area contributed by atoms with E-state index >= 15 is 0 Å². The minimum absolute atomic E-state index is 0.112. The van der Waals surface area contributed by atoms with Gasteiger partial charge >= 0.3 is 0 Å². The number of aliphatic hydroxyl groups excluding tert-OH is 1. The first kappa shape index (κ1) is 6.63. The summed E-state index contributed by atoms with van der Waals surface area (Å²) in [6, 6.07) is 0. The van der Waals surface area contributed by atoms with Gasteiger partial charge in [-0.15, -0.1) is 0 Å². The third kappa shape index (κ3) is 0.667. The molecule has 0 saturated carbocycles. The molecule has 3 aliphatic rings. The second-order valence-corrected chi connectivity index (χ2v) is 3.47. The Balaban J connectivity index is 2.07. The Labute approximate surface area is 70.8 Å². The molecule has 0 aromatic rings. The lowest BCUT2D eigenvalue weighted by atomic mass is 9.82. The molecule has 1 N–H and O–H groups in total. The van der Waals surface area contributed by atoms with Gasteiger partial charge in [-0.3, -0.25) is 0 Å². The molecule has 1 aliphatic carbocycles. The average molecular weight is 162 g/mol. The molecular formula is C10H10O2. The molecule has 1 fully saturated rings. The van der Waals surface area contributed by atoms with Crippen molar-refractivity contribution in [3.63, 3.8) is 0 Å². The minimum Gasteiger partial charge on any atom is -0.388 e. The highest BCUT2D eigenvalue weighted by molar-refractivity contribution is 5.39. The van der Waals surface area contributed by atoms with Gasteiger partial charge in [-0.25, -0.2) is 0 Å². The Morgan fingerprint density at radius 3 is 3.00 bits per heavy atom. The van der Waals surface area contributed by atoms with E-state index in [0.29, 0.717) is 0 Å². The van der Waals surface area contributed by atoms with Gasteiger partial charge in [-0.1, -0.05) is 30.4 Å². The zero-order chi connectivity index (χ0) is 8.13. The highest BCUT2D eigenvalue weighted by Gasteiger charge is 2.44. The van der Waals surface area contributed by atoms with Gasteiger partial charge in [0.15, 0.2) is 0 Å². The number of aliphatic hydroxyl groups is 1. The van der Waals surface area contributed by atoms with Crippen molar-refractivity contribution < 1.29 is 9.84 Å². The molecule has 3 rings (SSSR count). The molecule has 0 unspecified atom stereocenters. The topological polar surface area (TPSA) is 29.5 Å². The molecule has 2 nitrogen and oxygen atoms in total. The van der Waals surface area contributed by atoms with Gasteiger partial charge in [0.1, 0.15) is 0 Å². The summed E-state index contributed by atoms with van der Waals surface area (Å²) in [5.41, 5.74) is 1.23. The summed E-state index contributed by atoms with van der Waals surface area (Å²) in [5.74, 6) is 0.185. The first-order chi connectivity index (χ1) is 5.86. The fourth-order valence-electron chi connectivity index (χ4n) is 2.24. The molecule has 62 valence electrons. The second kappa shape index (κ2) is 2.09. The summed E-state index contributed by atoms with van der Waals surface area (Å²) in [4.78, 5) is 0. The average Bonchev–Trinajstić information content (AvgIpc) is 2.64. The Morgan fingerprint density at radius 2 is 2.17 bits per heavy atom. The van der Waals surface area contributed by atoms with Crippen molar-refractivity contribution in [3.8, 4) is 0 Å². The predicted octanol–water partition coefficient (Wildman–Crippen LogP) is 0.797. The maximum atomic E-state index is 9.66. The molecule has 1 saturated heterocycles. The Hall–Kier alpha value is -0.860. The first-order valence-corrected chi connectivity index (χ1v) is 4.26. The fourth-order valence-corrected chi connectivity index (χ4v) is 2.24. The molecule has 4 atom stereocenters. The van der Waals surface area contributed by atoms with E-state index in [1.807, 2.05) is 12.2 Å². The van der Waals surface area contributed by atoms with Crippen LogP contribution in [0.2, 0.25) is 0 Å². The van der Waals surface area contributed by atoms with Gasteiger partial charge in [0.25, 0.3) is 0 Å². The van der Waals surface area contributed by atoms with Gasteiger partial charge in [-0.2, -0.15) is 0 Å². The third-order valence-corrected chi connectivity index (χ3v) is 2.81. The SMILES string of the molecule is O[C@H]1C=CC=C2[C@H]1[C@H]1C=C[C@@H]2O1. The van der Waals surface area contributed by atoms with Crippen LogP contribution in [0.1, 0.15) is 0 Å². The fraction of sp³-hybridized carbons (Fsp3) is 0.400. The number of ether oxygens (including phenoxy) is 1. The number of rotatable bonds is 0. The van der Waals surface area contributed by atoms with Crippen LogP contribution in [0.5, 0.6) is 0 Å². The van der Waals surface area contributed by atoms with E-state index in [9.17, 15) is 5.11 Å². The highest BCUT2D eigenvalue weighted by Crippen LogP contribution is 2.42. The normalized spacial score (nSPS) is 47.9. The van der Waals surface area contributed by atoms with Gasteiger partial charge in [0.2, 0.25) is 0 Å². The predicted molar refractivity (Wildman–Crippen MR) is 44.5 cm³/mol. The van der Waals surface area contributed by atoms with Crippen molar-refractivity contribution in [3.05, 3.63) is 36.0 Å². The van der Waals surface area contributed by atoms with E-state index < -0.39 is 0 Å². The lowest BCUT2D eigenvalue weighted by Gasteiger charge is -2.24. The van der Waals surface area contributed by atoms with E-state index in [2.05, 4.69) is 18.2 Å². The van der Waals surface area contributed by atoms with Crippen molar-refractivity contribution in [2.24, 2.45) is 5.92 Å². The Morgan fingerprint density at radius 1 is 1.25 bits per heavy atom. The van der Waals surface area contributed by atoms with Gasteiger partial charge in [0, 0.05) is 5.92 Å². The molecule has 0 aromatic carbocycles. The smallest absolute Gasteiger partial charge is 0.0984 e. The molecular weight excluding hydrogens is 152 g/mol. The maximum Gasteiger partial charge on any atom is 0.0984 e. The summed E-state index contributed by atoms with van der Waals surface area (Å²) in [7, 11) is 0. The second-order valence-electron chi connectivity index (χ2n) is 3.47. The zero-order valence-electron chi connectivity index (χ0n) is 6.55. The van der Waals surface area contributed by atoms with Gasteiger partial charge < -0.3 is 9.84 Å².